The number of ether oxygens (including phenoxy) is 1. The minimum Gasteiger partial charge on any atom is -0.374 e. The molecule has 1 atom stereocenters. The van der Waals surface area contributed by atoms with E-state index in [1.165, 1.54) is 12.1 Å². The van der Waals surface area contributed by atoms with Crippen molar-refractivity contribution in [2.24, 2.45) is 0 Å². The van der Waals surface area contributed by atoms with Gasteiger partial charge in [0, 0.05) is 4.47 Å². The number of benzene rings is 1. The Labute approximate surface area is 92.4 Å². The van der Waals surface area contributed by atoms with Crippen LogP contribution in [-0.4, -0.2) is 6.10 Å². The molecule has 1 unspecified atom stereocenters. The van der Waals surface area contributed by atoms with Crippen LogP contribution >= 0.6 is 15.9 Å². The van der Waals surface area contributed by atoms with E-state index in [2.05, 4.69) is 22.9 Å². The van der Waals surface area contributed by atoms with Gasteiger partial charge in [-0.25, -0.2) is 4.39 Å². The Morgan fingerprint density at radius 1 is 1.43 bits per heavy atom. The number of hydrogen-bond donors (Lipinski definition) is 0. The van der Waals surface area contributed by atoms with Crippen LogP contribution in [0, 0.1) is 5.82 Å². The predicted octanol–water partition coefficient (Wildman–Crippen LogP) is 3.90. The van der Waals surface area contributed by atoms with Crippen molar-refractivity contribution in [1.29, 1.82) is 0 Å². The lowest BCUT2D eigenvalue weighted by molar-refractivity contribution is 0.0507. The maximum Gasteiger partial charge on any atom is 0.124 e. The molecular formula is C11H14BrFO. The van der Waals surface area contributed by atoms with Crippen molar-refractivity contribution in [1.82, 2.24) is 0 Å². The molecule has 0 saturated heterocycles. The van der Waals surface area contributed by atoms with Crippen molar-refractivity contribution in [3.8, 4) is 0 Å². The van der Waals surface area contributed by atoms with Crippen molar-refractivity contribution in [3.05, 3.63) is 34.1 Å². The van der Waals surface area contributed by atoms with Gasteiger partial charge in [-0.1, -0.05) is 22.9 Å². The fourth-order valence-corrected chi connectivity index (χ4v) is 1.56. The third-order valence-electron chi connectivity index (χ3n) is 2.03. The van der Waals surface area contributed by atoms with E-state index in [9.17, 15) is 4.39 Å². The van der Waals surface area contributed by atoms with Crippen molar-refractivity contribution in [2.75, 3.05) is 0 Å². The standard InChI is InChI=1S/C11H14BrFO/c1-3-8(2)14-7-9-4-10(12)6-11(13)5-9/h4-6,8H,3,7H2,1-2H3. The van der Waals surface area contributed by atoms with E-state index in [1.54, 1.807) is 0 Å². The minimum atomic E-state index is -0.234. The molecule has 0 N–H and O–H groups in total. The molecule has 1 aromatic rings. The predicted molar refractivity (Wildman–Crippen MR) is 58.6 cm³/mol. The molecule has 1 aromatic carbocycles. The zero-order chi connectivity index (χ0) is 10.6. The van der Waals surface area contributed by atoms with Crippen LogP contribution in [0.5, 0.6) is 0 Å². The summed E-state index contributed by atoms with van der Waals surface area (Å²) in [5.41, 5.74) is 0.858. The van der Waals surface area contributed by atoms with Gasteiger partial charge < -0.3 is 4.74 Å². The largest absolute Gasteiger partial charge is 0.374 e. The average molecular weight is 261 g/mol. The summed E-state index contributed by atoms with van der Waals surface area (Å²) in [7, 11) is 0. The molecule has 0 saturated carbocycles. The topological polar surface area (TPSA) is 9.23 Å². The Morgan fingerprint density at radius 3 is 2.71 bits per heavy atom. The normalized spacial score (nSPS) is 12.9. The van der Waals surface area contributed by atoms with Crippen LogP contribution in [-0.2, 0) is 11.3 Å². The Morgan fingerprint density at radius 2 is 2.14 bits per heavy atom. The Hall–Kier alpha value is -0.410. The summed E-state index contributed by atoms with van der Waals surface area (Å²) in [6, 6.07) is 4.80. The number of halogens is 2. The highest BCUT2D eigenvalue weighted by Crippen LogP contribution is 2.16. The van der Waals surface area contributed by atoms with Gasteiger partial charge in [0.15, 0.2) is 0 Å². The summed E-state index contributed by atoms with van der Waals surface area (Å²) in [5, 5.41) is 0. The van der Waals surface area contributed by atoms with E-state index in [-0.39, 0.29) is 11.9 Å². The first kappa shape index (κ1) is 11.7. The maximum absolute atomic E-state index is 12.9. The molecule has 3 heteroatoms. The van der Waals surface area contributed by atoms with E-state index < -0.39 is 0 Å². The van der Waals surface area contributed by atoms with Crippen LogP contribution in [0.4, 0.5) is 4.39 Å². The zero-order valence-corrected chi connectivity index (χ0v) is 9.97. The van der Waals surface area contributed by atoms with Gasteiger partial charge in [-0.2, -0.15) is 0 Å². The number of hydrogen-bond acceptors (Lipinski definition) is 1. The van der Waals surface area contributed by atoms with E-state index >= 15 is 0 Å². The second-order valence-corrected chi connectivity index (χ2v) is 4.22. The third-order valence-corrected chi connectivity index (χ3v) is 2.49. The maximum atomic E-state index is 12.9. The molecule has 0 aliphatic heterocycles. The second-order valence-electron chi connectivity index (χ2n) is 3.31. The summed E-state index contributed by atoms with van der Waals surface area (Å²) in [5.74, 6) is -0.234. The van der Waals surface area contributed by atoms with Crippen LogP contribution < -0.4 is 0 Å². The fourth-order valence-electron chi connectivity index (χ4n) is 1.05. The van der Waals surface area contributed by atoms with Gasteiger partial charge in [-0.15, -0.1) is 0 Å². The molecule has 0 heterocycles. The first-order valence-corrected chi connectivity index (χ1v) is 5.47. The first-order chi connectivity index (χ1) is 6.61. The van der Waals surface area contributed by atoms with Gasteiger partial charge in [0.2, 0.25) is 0 Å². The Bertz CT molecular complexity index is 281. The minimum absolute atomic E-state index is 0.219. The van der Waals surface area contributed by atoms with Gasteiger partial charge >= 0.3 is 0 Å². The molecule has 0 aliphatic rings. The van der Waals surface area contributed by atoms with Gasteiger partial charge in [0.05, 0.1) is 12.7 Å². The SMILES string of the molecule is CCC(C)OCc1cc(F)cc(Br)c1. The fraction of sp³-hybridized carbons (Fsp3) is 0.455. The molecule has 78 valence electrons. The van der Waals surface area contributed by atoms with Gasteiger partial charge in [0.1, 0.15) is 5.82 Å². The molecule has 0 aromatic heterocycles. The van der Waals surface area contributed by atoms with Crippen LogP contribution in [0.25, 0.3) is 0 Å². The lowest BCUT2D eigenvalue weighted by Gasteiger charge is -2.10. The molecule has 14 heavy (non-hydrogen) atoms. The van der Waals surface area contributed by atoms with E-state index in [1.807, 2.05) is 13.0 Å². The Balaban J connectivity index is 2.58. The molecule has 0 aliphatic carbocycles. The van der Waals surface area contributed by atoms with Gasteiger partial charge in [-0.05, 0) is 37.1 Å². The van der Waals surface area contributed by atoms with Gasteiger partial charge in [0.25, 0.3) is 0 Å². The summed E-state index contributed by atoms with van der Waals surface area (Å²) in [4.78, 5) is 0. The lowest BCUT2D eigenvalue weighted by Crippen LogP contribution is -2.06. The van der Waals surface area contributed by atoms with Crippen LogP contribution in [0.3, 0.4) is 0 Å². The van der Waals surface area contributed by atoms with E-state index in [0.29, 0.717) is 6.61 Å². The molecule has 0 spiro atoms. The van der Waals surface area contributed by atoms with E-state index in [0.717, 1.165) is 16.5 Å². The molecule has 0 fully saturated rings. The average Bonchev–Trinajstić information content (AvgIpc) is 2.12. The van der Waals surface area contributed by atoms with Crippen molar-refractivity contribution in [2.45, 2.75) is 33.0 Å². The highest BCUT2D eigenvalue weighted by atomic mass is 79.9. The quantitative estimate of drug-likeness (QED) is 0.798. The monoisotopic (exact) mass is 260 g/mol. The summed E-state index contributed by atoms with van der Waals surface area (Å²) >= 11 is 3.24. The van der Waals surface area contributed by atoms with Crippen molar-refractivity contribution >= 4 is 15.9 Å². The Kier molecular flexibility index (Phi) is 4.55. The zero-order valence-electron chi connectivity index (χ0n) is 8.39. The molecular weight excluding hydrogens is 247 g/mol. The molecule has 1 nitrogen and oxygen atoms in total. The summed E-state index contributed by atoms with van der Waals surface area (Å²) < 4.78 is 19.2. The van der Waals surface area contributed by atoms with Crippen LogP contribution in [0.2, 0.25) is 0 Å². The summed E-state index contributed by atoms with van der Waals surface area (Å²) in [6.45, 7) is 4.53. The number of rotatable bonds is 4. The highest BCUT2D eigenvalue weighted by molar-refractivity contribution is 9.10. The lowest BCUT2D eigenvalue weighted by atomic mass is 10.2. The van der Waals surface area contributed by atoms with Crippen molar-refractivity contribution in [3.63, 3.8) is 0 Å². The summed E-state index contributed by atoms with van der Waals surface area (Å²) in [6.07, 6.45) is 1.19. The first-order valence-electron chi connectivity index (χ1n) is 4.68. The third kappa shape index (κ3) is 3.76. The second kappa shape index (κ2) is 5.47. The molecule has 0 amide bonds. The van der Waals surface area contributed by atoms with Crippen molar-refractivity contribution < 1.29 is 9.13 Å². The molecule has 0 radical (unpaired) electrons. The molecule has 1 rings (SSSR count). The van der Waals surface area contributed by atoms with Crippen LogP contribution in [0.15, 0.2) is 22.7 Å². The molecule has 0 bridgehead atoms. The van der Waals surface area contributed by atoms with Crippen LogP contribution in [0.1, 0.15) is 25.8 Å². The van der Waals surface area contributed by atoms with Gasteiger partial charge in [-0.3, -0.25) is 0 Å². The highest BCUT2D eigenvalue weighted by Gasteiger charge is 2.02. The van der Waals surface area contributed by atoms with E-state index in [4.69, 9.17) is 4.74 Å². The smallest absolute Gasteiger partial charge is 0.124 e.